The van der Waals surface area contributed by atoms with Crippen molar-refractivity contribution in [1.29, 1.82) is 0 Å². The predicted octanol–water partition coefficient (Wildman–Crippen LogP) is 4.44. The fraction of sp³-hybridized carbons (Fsp3) is 0.0769. The van der Waals surface area contributed by atoms with Crippen LogP contribution in [0.4, 0.5) is 11.5 Å². The number of aromatic nitrogens is 1. The molecule has 104 valence electrons. The Labute approximate surface area is 134 Å². The minimum Gasteiger partial charge on any atom is -0.373 e. The zero-order chi connectivity index (χ0) is 14.7. The first kappa shape index (κ1) is 15.1. The maximum atomic E-state index is 12.2. The average molecular weight is 375 g/mol. The van der Waals surface area contributed by atoms with Gasteiger partial charge in [-0.1, -0.05) is 23.2 Å². The lowest BCUT2D eigenvalue weighted by molar-refractivity contribution is 0.102. The molecule has 0 aliphatic rings. The molecule has 2 N–H and O–H groups in total. The predicted molar refractivity (Wildman–Crippen MR) is 85.9 cm³/mol. The Bertz CT molecular complexity index is 664. The van der Waals surface area contributed by atoms with Crippen molar-refractivity contribution < 1.29 is 4.79 Å². The van der Waals surface area contributed by atoms with E-state index < -0.39 is 5.91 Å². The first-order valence-electron chi connectivity index (χ1n) is 5.62. The highest BCUT2D eigenvalue weighted by Crippen LogP contribution is 2.26. The number of benzene rings is 1. The van der Waals surface area contributed by atoms with E-state index in [2.05, 4.69) is 31.5 Å². The van der Waals surface area contributed by atoms with Crippen LogP contribution in [0.3, 0.4) is 0 Å². The molecule has 2 aromatic rings. The van der Waals surface area contributed by atoms with E-state index in [1.54, 1.807) is 37.4 Å². The SMILES string of the molecule is CNc1ccc(Cl)c(C(=O)Nc2ccc(Br)c(Cl)c2)n1. The first-order valence-corrected chi connectivity index (χ1v) is 7.17. The van der Waals surface area contributed by atoms with Gasteiger partial charge in [-0.2, -0.15) is 0 Å². The van der Waals surface area contributed by atoms with Gasteiger partial charge in [0.05, 0.1) is 10.0 Å². The number of nitrogens with zero attached hydrogens (tertiary/aromatic N) is 1. The molecule has 1 heterocycles. The third kappa shape index (κ3) is 3.42. The standard InChI is InChI=1S/C13H10BrCl2N3O/c1-17-11-5-4-9(15)12(19-11)13(20)18-7-2-3-8(14)10(16)6-7/h2-6H,1H3,(H,17,19)(H,18,20). The Hall–Kier alpha value is -1.30. The van der Waals surface area contributed by atoms with Crippen LogP contribution in [0.2, 0.25) is 10.0 Å². The molecular weight excluding hydrogens is 365 g/mol. The first-order chi connectivity index (χ1) is 9.51. The van der Waals surface area contributed by atoms with E-state index >= 15 is 0 Å². The molecule has 4 nitrogen and oxygen atoms in total. The summed E-state index contributed by atoms with van der Waals surface area (Å²) in [7, 11) is 1.71. The summed E-state index contributed by atoms with van der Waals surface area (Å²) in [5, 5.41) is 6.34. The van der Waals surface area contributed by atoms with E-state index in [1.165, 1.54) is 0 Å². The summed E-state index contributed by atoms with van der Waals surface area (Å²) in [4.78, 5) is 16.3. The summed E-state index contributed by atoms with van der Waals surface area (Å²) in [6.07, 6.45) is 0. The summed E-state index contributed by atoms with van der Waals surface area (Å²) in [6, 6.07) is 8.42. The zero-order valence-electron chi connectivity index (χ0n) is 10.4. The molecule has 0 atom stereocenters. The van der Waals surface area contributed by atoms with Crippen LogP contribution < -0.4 is 10.6 Å². The van der Waals surface area contributed by atoms with E-state index in [1.807, 2.05) is 0 Å². The third-order valence-corrected chi connectivity index (χ3v) is 4.03. The van der Waals surface area contributed by atoms with Crippen LogP contribution in [-0.4, -0.2) is 17.9 Å². The van der Waals surface area contributed by atoms with Crippen LogP contribution in [0.15, 0.2) is 34.8 Å². The summed E-state index contributed by atoms with van der Waals surface area (Å²) >= 11 is 15.2. The molecule has 0 spiro atoms. The molecule has 0 fully saturated rings. The van der Waals surface area contributed by atoms with Gasteiger partial charge in [0, 0.05) is 17.2 Å². The highest BCUT2D eigenvalue weighted by Gasteiger charge is 2.13. The molecule has 0 unspecified atom stereocenters. The molecule has 0 bridgehead atoms. The number of pyridine rings is 1. The highest BCUT2D eigenvalue weighted by molar-refractivity contribution is 9.10. The topological polar surface area (TPSA) is 54.0 Å². The Balaban J connectivity index is 2.25. The molecule has 1 amide bonds. The smallest absolute Gasteiger partial charge is 0.275 e. The van der Waals surface area contributed by atoms with Crippen molar-refractivity contribution in [3.63, 3.8) is 0 Å². The van der Waals surface area contributed by atoms with E-state index in [-0.39, 0.29) is 10.7 Å². The summed E-state index contributed by atoms with van der Waals surface area (Å²) in [5.74, 6) is 0.166. The van der Waals surface area contributed by atoms with Gasteiger partial charge in [0.1, 0.15) is 11.5 Å². The van der Waals surface area contributed by atoms with Gasteiger partial charge in [0.15, 0.2) is 0 Å². The van der Waals surface area contributed by atoms with E-state index in [0.29, 0.717) is 16.5 Å². The van der Waals surface area contributed by atoms with Crippen molar-refractivity contribution in [2.24, 2.45) is 0 Å². The van der Waals surface area contributed by atoms with Crippen LogP contribution in [0.5, 0.6) is 0 Å². The number of hydrogen-bond acceptors (Lipinski definition) is 3. The monoisotopic (exact) mass is 373 g/mol. The summed E-state index contributed by atoms with van der Waals surface area (Å²) < 4.78 is 0.755. The lowest BCUT2D eigenvalue weighted by Gasteiger charge is -2.08. The second kappa shape index (κ2) is 6.43. The lowest BCUT2D eigenvalue weighted by atomic mass is 10.3. The zero-order valence-corrected chi connectivity index (χ0v) is 13.5. The van der Waals surface area contributed by atoms with Crippen LogP contribution >= 0.6 is 39.1 Å². The van der Waals surface area contributed by atoms with Crippen molar-refractivity contribution in [2.45, 2.75) is 0 Å². The second-order valence-corrected chi connectivity index (χ2v) is 5.53. The second-order valence-electron chi connectivity index (χ2n) is 3.86. The number of carbonyl (C=O) groups excluding carboxylic acids is 1. The molecule has 2 rings (SSSR count). The quantitative estimate of drug-likeness (QED) is 0.834. The lowest BCUT2D eigenvalue weighted by Crippen LogP contribution is -2.15. The Morgan fingerprint density at radius 3 is 2.60 bits per heavy atom. The van der Waals surface area contributed by atoms with Crippen molar-refractivity contribution in [2.75, 3.05) is 17.7 Å². The Morgan fingerprint density at radius 1 is 1.20 bits per heavy atom. The molecule has 0 saturated carbocycles. The third-order valence-electron chi connectivity index (χ3n) is 2.49. The minimum atomic E-state index is -0.398. The normalized spacial score (nSPS) is 10.2. The Kier molecular flexibility index (Phi) is 4.86. The van der Waals surface area contributed by atoms with Gasteiger partial charge >= 0.3 is 0 Å². The van der Waals surface area contributed by atoms with Crippen molar-refractivity contribution in [3.05, 3.63) is 50.5 Å². The molecule has 1 aromatic carbocycles. The largest absolute Gasteiger partial charge is 0.373 e. The minimum absolute atomic E-state index is 0.151. The van der Waals surface area contributed by atoms with Crippen LogP contribution in [0.25, 0.3) is 0 Å². The van der Waals surface area contributed by atoms with E-state index in [4.69, 9.17) is 23.2 Å². The van der Waals surface area contributed by atoms with Crippen LogP contribution in [0.1, 0.15) is 10.5 Å². The van der Waals surface area contributed by atoms with Crippen molar-refractivity contribution in [3.8, 4) is 0 Å². The fourth-order valence-corrected chi connectivity index (χ4v) is 2.12. The molecule has 0 aliphatic carbocycles. The Morgan fingerprint density at radius 2 is 1.95 bits per heavy atom. The molecule has 0 saturated heterocycles. The molecular formula is C13H10BrCl2N3O. The molecule has 0 radical (unpaired) electrons. The van der Waals surface area contributed by atoms with Gasteiger partial charge in [0.25, 0.3) is 5.91 Å². The fourth-order valence-electron chi connectivity index (χ4n) is 1.50. The molecule has 0 aliphatic heterocycles. The van der Waals surface area contributed by atoms with Gasteiger partial charge in [0.2, 0.25) is 0 Å². The maximum absolute atomic E-state index is 12.2. The summed E-state index contributed by atoms with van der Waals surface area (Å²) in [6.45, 7) is 0. The number of rotatable bonds is 3. The van der Waals surface area contributed by atoms with Crippen molar-refractivity contribution in [1.82, 2.24) is 4.98 Å². The number of hydrogen-bond donors (Lipinski definition) is 2. The number of anilines is 2. The van der Waals surface area contributed by atoms with Gasteiger partial charge in [-0.25, -0.2) is 4.98 Å². The maximum Gasteiger partial charge on any atom is 0.275 e. The van der Waals surface area contributed by atoms with E-state index in [0.717, 1.165) is 4.47 Å². The van der Waals surface area contributed by atoms with Gasteiger partial charge in [-0.15, -0.1) is 0 Å². The number of carbonyl (C=O) groups is 1. The molecule has 20 heavy (non-hydrogen) atoms. The van der Waals surface area contributed by atoms with Gasteiger partial charge in [-0.3, -0.25) is 4.79 Å². The summed E-state index contributed by atoms with van der Waals surface area (Å²) in [5.41, 5.74) is 0.716. The van der Waals surface area contributed by atoms with Gasteiger partial charge < -0.3 is 10.6 Å². The van der Waals surface area contributed by atoms with Crippen LogP contribution in [-0.2, 0) is 0 Å². The molecule has 1 aromatic heterocycles. The van der Waals surface area contributed by atoms with Crippen LogP contribution in [0, 0.1) is 0 Å². The molecule has 7 heteroatoms. The average Bonchev–Trinajstić information content (AvgIpc) is 2.43. The number of halogens is 3. The highest BCUT2D eigenvalue weighted by atomic mass is 79.9. The van der Waals surface area contributed by atoms with Gasteiger partial charge in [-0.05, 0) is 46.3 Å². The number of nitrogens with one attached hydrogen (secondary N) is 2. The van der Waals surface area contributed by atoms with Crippen molar-refractivity contribution >= 4 is 56.5 Å². The van der Waals surface area contributed by atoms with E-state index in [9.17, 15) is 4.79 Å². The number of amides is 1.